The monoisotopic (exact) mass is 190 g/mol. The molecule has 1 aromatic carbocycles. The summed E-state index contributed by atoms with van der Waals surface area (Å²) < 4.78 is 5.85. The summed E-state index contributed by atoms with van der Waals surface area (Å²) in [6.07, 6.45) is 1.72. The van der Waals surface area contributed by atoms with E-state index in [0.29, 0.717) is 6.10 Å². The van der Waals surface area contributed by atoms with Crippen LogP contribution in [0.2, 0.25) is 0 Å². The Labute approximate surface area is 86.1 Å². The Morgan fingerprint density at radius 1 is 1.21 bits per heavy atom. The van der Waals surface area contributed by atoms with E-state index < -0.39 is 0 Å². The number of hydrogen-bond donors (Lipinski definition) is 0. The van der Waals surface area contributed by atoms with E-state index in [0.717, 1.165) is 18.4 Å². The summed E-state index contributed by atoms with van der Waals surface area (Å²) in [5, 5.41) is 0. The van der Waals surface area contributed by atoms with Crippen molar-refractivity contribution in [1.82, 2.24) is 0 Å². The van der Waals surface area contributed by atoms with E-state index in [1.807, 2.05) is 6.07 Å². The number of rotatable bonds is 3. The second kappa shape index (κ2) is 4.14. The molecule has 0 aromatic heterocycles. The summed E-state index contributed by atoms with van der Waals surface area (Å²) >= 11 is 0. The second-order valence-corrected chi connectivity index (χ2v) is 4.41. The SMILES string of the molecule is C[C@@H]1[C@@H](OCc2ccccc2)C[C@@H]1C. The van der Waals surface area contributed by atoms with Gasteiger partial charge in [0.2, 0.25) is 0 Å². The average Bonchev–Trinajstić information content (AvgIpc) is 2.25. The zero-order chi connectivity index (χ0) is 9.97. The third kappa shape index (κ3) is 1.98. The van der Waals surface area contributed by atoms with Gasteiger partial charge in [-0.05, 0) is 23.8 Å². The molecule has 0 amide bonds. The minimum Gasteiger partial charge on any atom is -0.373 e. The van der Waals surface area contributed by atoms with Crippen LogP contribution in [0, 0.1) is 11.8 Å². The van der Waals surface area contributed by atoms with Gasteiger partial charge in [0.1, 0.15) is 0 Å². The molecular weight excluding hydrogens is 172 g/mol. The number of benzene rings is 1. The summed E-state index contributed by atoms with van der Waals surface area (Å²) in [5.74, 6) is 1.58. The van der Waals surface area contributed by atoms with Gasteiger partial charge in [-0.1, -0.05) is 44.2 Å². The molecule has 1 heteroatoms. The molecule has 0 saturated heterocycles. The lowest BCUT2D eigenvalue weighted by atomic mass is 9.73. The van der Waals surface area contributed by atoms with Crippen LogP contribution in [0.5, 0.6) is 0 Å². The van der Waals surface area contributed by atoms with Crippen LogP contribution < -0.4 is 0 Å². The molecule has 76 valence electrons. The lowest BCUT2D eigenvalue weighted by Gasteiger charge is -2.40. The summed E-state index contributed by atoms with van der Waals surface area (Å²) in [7, 11) is 0. The van der Waals surface area contributed by atoms with Crippen LogP contribution in [0.1, 0.15) is 25.8 Å². The molecule has 0 unspecified atom stereocenters. The van der Waals surface area contributed by atoms with Gasteiger partial charge in [-0.3, -0.25) is 0 Å². The van der Waals surface area contributed by atoms with Gasteiger partial charge in [-0.25, -0.2) is 0 Å². The Kier molecular flexibility index (Phi) is 2.87. The predicted octanol–water partition coefficient (Wildman–Crippen LogP) is 3.25. The highest BCUT2D eigenvalue weighted by atomic mass is 16.5. The third-order valence-electron chi connectivity index (χ3n) is 3.39. The first-order chi connectivity index (χ1) is 6.77. The van der Waals surface area contributed by atoms with E-state index in [2.05, 4.69) is 38.1 Å². The molecule has 1 aromatic rings. The summed E-state index contributed by atoms with van der Waals surface area (Å²) in [4.78, 5) is 0. The molecule has 0 aliphatic heterocycles. The van der Waals surface area contributed by atoms with Gasteiger partial charge in [0.05, 0.1) is 12.7 Å². The van der Waals surface area contributed by atoms with Crippen molar-refractivity contribution in [3.8, 4) is 0 Å². The highest BCUT2D eigenvalue weighted by molar-refractivity contribution is 5.13. The molecule has 3 atom stereocenters. The van der Waals surface area contributed by atoms with E-state index in [9.17, 15) is 0 Å². The van der Waals surface area contributed by atoms with E-state index in [1.54, 1.807) is 0 Å². The molecule has 1 nitrogen and oxygen atoms in total. The molecule has 14 heavy (non-hydrogen) atoms. The van der Waals surface area contributed by atoms with Gasteiger partial charge in [0, 0.05) is 0 Å². The van der Waals surface area contributed by atoms with Gasteiger partial charge in [-0.15, -0.1) is 0 Å². The van der Waals surface area contributed by atoms with E-state index in [1.165, 1.54) is 12.0 Å². The van der Waals surface area contributed by atoms with Gasteiger partial charge >= 0.3 is 0 Å². The standard InChI is InChI=1S/C13H18O/c1-10-8-13(11(10)2)14-9-12-6-4-3-5-7-12/h3-7,10-11,13H,8-9H2,1-2H3/t10-,11-,13-/m0/s1. The van der Waals surface area contributed by atoms with Gasteiger partial charge in [0.15, 0.2) is 0 Å². The Bertz CT molecular complexity index is 281. The molecular formula is C13H18O. The van der Waals surface area contributed by atoms with Crippen molar-refractivity contribution in [2.24, 2.45) is 11.8 Å². The topological polar surface area (TPSA) is 9.23 Å². The first kappa shape index (κ1) is 9.72. The van der Waals surface area contributed by atoms with Crippen molar-refractivity contribution in [2.45, 2.75) is 33.0 Å². The Hall–Kier alpha value is -0.820. The molecule has 0 N–H and O–H groups in total. The van der Waals surface area contributed by atoms with Crippen LogP contribution in [-0.4, -0.2) is 6.10 Å². The Balaban J connectivity index is 1.79. The van der Waals surface area contributed by atoms with E-state index in [-0.39, 0.29) is 0 Å². The first-order valence-corrected chi connectivity index (χ1v) is 5.43. The molecule has 2 rings (SSSR count). The van der Waals surface area contributed by atoms with Crippen molar-refractivity contribution < 1.29 is 4.74 Å². The van der Waals surface area contributed by atoms with Crippen LogP contribution in [-0.2, 0) is 11.3 Å². The molecule has 0 heterocycles. The number of ether oxygens (including phenoxy) is 1. The number of hydrogen-bond acceptors (Lipinski definition) is 1. The van der Waals surface area contributed by atoms with Crippen molar-refractivity contribution >= 4 is 0 Å². The first-order valence-electron chi connectivity index (χ1n) is 5.43. The van der Waals surface area contributed by atoms with Crippen molar-refractivity contribution in [2.75, 3.05) is 0 Å². The Morgan fingerprint density at radius 3 is 2.50 bits per heavy atom. The maximum atomic E-state index is 5.85. The highest BCUT2D eigenvalue weighted by Gasteiger charge is 2.34. The Morgan fingerprint density at radius 2 is 1.93 bits per heavy atom. The summed E-state index contributed by atoms with van der Waals surface area (Å²) in [5.41, 5.74) is 1.28. The quantitative estimate of drug-likeness (QED) is 0.711. The zero-order valence-corrected chi connectivity index (χ0v) is 8.94. The minimum absolute atomic E-state index is 0.491. The molecule has 1 aliphatic rings. The largest absolute Gasteiger partial charge is 0.373 e. The summed E-state index contributed by atoms with van der Waals surface area (Å²) in [6, 6.07) is 10.4. The average molecular weight is 190 g/mol. The molecule has 1 fully saturated rings. The van der Waals surface area contributed by atoms with Crippen LogP contribution in [0.4, 0.5) is 0 Å². The van der Waals surface area contributed by atoms with Crippen LogP contribution in [0.25, 0.3) is 0 Å². The molecule has 0 spiro atoms. The normalized spacial score (nSPS) is 31.1. The minimum atomic E-state index is 0.491. The van der Waals surface area contributed by atoms with Crippen LogP contribution in [0.15, 0.2) is 30.3 Å². The van der Waals surface area contributed by atoms with E-state index >= 15 is 0 Å². The lowest BCUT2D eigenvalue weighted by molar-refractivity contribution is -0.0815. The fourth-order valence-electron chi connectivity index (χ4n) is 1.96. The van der Waals surface area contributed by atoms with Crippen LogP contribution >= 0.6 is 0 Å². The smallest absolute Gasteiger partial charge is 0.0720 e. The maximum absolute atomic E-state index is 5.85. The predicted molar refractivity (Wildman–Crippen MR) is 58.0 cm³/mol. The lowest BCUT2D eigenvalue weighted by Crippen LogP contribution is -2.39. The van der Waals surface area contributed by atoms with Crippen molar-refractivity contribution in [3.63, 3.8) is 0 Å². The summed E-state index contributed by atoms with van der Waals surface area (Å²) in [6.45, 7) is 5.35. The fourth-order valence-corrected chi connectivity index (χ4v) is 1.96. The van der Waals surface area contributed by atoms with Crippen molar-refractivity contribution in [1.29, 1.82) is 0 Å². The molecule has 0 radical (unpaired) electrons. The van der Waals surface area contributed by atoms with Gasteiger partial charge < -0.3 is 4.74 Å². The maximum Gasteiger partial charge on any atom is 0.0720 e. The molecule has 1 saturated carbocycles. The molecule has 0 bridgehead atoms. The van der Waals surface area contributed by atoms with Gasteiger partial charge in [0.25, 0.3) is 0 Å². The molecule has 1 aliphatic carbocycles. The second-order valence-electron chi connectivity index (χ2n) is 4.41. The highest BCUT2D eigenvalue weighted by Crippen LogP contribution is 2.36. The zero-order valence-electron chi connectivity index (χ0n) is 8.94. The third-order valence-corrected chi connectivity index (χ3v) is 3.39. The van der Waals surface area contributed by atoms with Gasteiger partial charge in [-0.2, -0.15) is 0 Å². The van der Waals surface area contributed by atoms with E-state index in [4.69, 9.17) is 4.74 Å². The fraction of sp³-hybridized carbons (Fsp3) is 0.538. The van der Waals surface area contributed by atoms with Crippen molar-refractivity contribution in [3.05, 3.63) is 35.9 Å². The van der Waals surface area contributed by atoms with Crippen LogP contribution in [0.3, 0.4) is 0 Å².